The minimum absolute atomic E-state index is 0. The molecule has 0 aliphatic carbocycles. The zero-order valence-corrected chi connectivity index (χ0v) is 18.9. The van der Waals surface area contributed by atoms with Crippen LogP contribution in [0.5, 0.6) is 0 Å². The van der Waals surface area contributed by atoms with Crippen LogP contribution in [0.25, 0.3) is 0 Å². The molecule has 0 spiro atoms. The van der Waals surface area contributed by atoms with E-state index in [9.17, 15) is 0 Å². The third-order valence-electron chi connectivity index (χ3n) is 3.89. The predicted molar refractivity (Wildman–Crippen MR) is 118 cm³/mol. The van der Waals surface area contributed by atoms with Gasteiger partial charge < -0.3 is 15.2 Å². The monoisotopic (exact) mass is 475 g/mol. The molecule has 0 saturated carbocycles. The van der Waals surface area contributed by atoms with Crippen LogP contribution < -0.4 is 10.6 Å². The molecule has 0 unspecified atom stereocenters. The Kier molecular flexibility index (Phi) is 8.92. The van der Waals surface area contributed by atoms with Crippen molar-refractivity contribution < 1.29 is 0 Å². The molecule has 0 aliphatic heterocycles. The van der Waals surface area contributed by atoms with Crippen LogP contribution in [0.1, 0.15) is 38.4 Å². The largest absolute Gasteiger partial charge is 0.356 e. The molecular weight excluding hydrogens is 445 g/mol. The van der Waals surface area contributed by atoms with Gasteiger partial charge in [-0.2, -0.15) is 0 Å². The quantitative estimate of drug-likeness (QED) is 0.363. The maximum absolute atomic E-state index is 4.44. The molecular formula is C18H30IN5S. The van der Waals surface area contributed by atoms with Gasteiger partial charge in [-0.15, -0.1) is 35.3 Å². The zero-order valence-electron chi connectivity index (χ0n) is 15.7. The Morgan fingerprint density at radius 2 is 2.12 bits per heavy atom. The van der Waals surface area contributed by atoms with Crippen molar-refractivity contribution in [3.63, 3.8) is 0 Å². The number of guanidine groups is 1. The second-order valence-electron chi connectivity index (χ2n) is 7.03. The molecule has 0 bridgehead atoms. The Labute approximate surface area is 172 Å². The van der Waals surface area contributed by atoms with Crippen molar-refractivity contribution in [2.45, 2.75) is 46.2 Å². The molecule has 25 heavy (non-hydrogen) atoms. The number of nitrogens with one attached hydrogen (secondary N) is 2. The highest BCUT2D eigenvalue weighted by atomic mass is 127. The fourth-order valence-corrected chi connectivity index (χ4v) is 3.36. The first kappa shape index (κ1) is 22.0. The first-order valence-electron chi connectivity index (χ1n) is 8.41. The van der Waals surface area contributed by atoms with Gasteiger partial charge in [0.05, 0.1) is 6.54 Å². The molecule has 7 heteroatoms. The molecule has 0 saturated heterocycles. The Hall–Kier alpha value is -1.09. The Morgan fingerprint density at radius 1 is 1.36 bits per heavy atom. The summed E-state index contributed by atoms with van der Waals surface area (Å²) in [5.74, 6) is 2.44. The number of imidazole rings is 1. The van der Waals surface area contributed by atoms with Gasteiger partial charge in [0.15, 0.2) is 5.96 Å². The van der Waals surface area contributed by atoms with Crippen molar-refractivity contribution in [3.8, 4) is 0 Å². The average molecular weight is 475 g/mol. The Balaban J connectivity index is 0.00000312. The second kappa shape index (κ2) is 10.2. The van der Waals surface area contributed by atoms with E-state index in [1.54, 1.807) is 18.4 Å². The number of aromatic nitrogens is 2. The molecule has 0 atom stereocenters. The summed E-state index contributed by atoms with van der Waals surface area (Å²) < 4.78 is 2.19. The van der Waals surface area contributed by atoms with Crippen LogP contribution in [-0.4, -0.2) is 29.1 Å². The summed E-state index contributed by atoms with van der Waals surface area (Å²) in [6, 6.07) is 4.29. The van der Waals surface area contributed by atoms with Crippen molar-refractivity contribution >= 4 is 41.3 Å². The van der Waals surface area contributed by atoms with Gasteiger partial charge in [0, 0.05) is 42.8 Å². The molecule has 2 rings (SSSR count). The van der Waals surface area contributed by atoms with E-state index in [0.29, 0.717) is 12.5 Å². The first-order chi connectivity index (χ1) is 11.4. The number of nitrogens with zero attached hydrogens (tertiary/aromatic N) is 3. The van der Waals surface area contributed by atoms with E-state index in [4.69, 9.17) is 0 Å². The van der Waals surface area contributed by atoms with E-state index >= 15 is 0 Å². The minimum atomic E-state index is 0. The summed E-state index contributed by atoms with van der Waals surface area (Å²) in [6.45, 7) is 11.4. The number of aliphatic imine (C=N–C) groups is 1. The molecule has 2 heterocycles. The summed E-state index contributed by atoms with van der Waals surface area (Å²) in [7, 11) is 1.80. The van der Waals surface area contributed by atoms with Gasteiger partial charge in [-0.05, 0) is 17.4 Å². The van der Waals surface area contributed by atoms with Gasteiger partial charge in [-0.3, -0.25) is 4.99 Å². The standard InChI is InChI=1S/C18H29N5S.HI/c1-14(2)12-23-9-8-20-16(23)11-21-17(19-5)22-13-18(3,4)15-7-6-10-24-15;/h6-10,14H,11-13H2,1-5H3,(H2,19,21,22);1H. The third kappa shape index (κ3) is 6.62. The lowest BCUT2D eigenvalue weighted by Crippen LogP contribution is -2.43. The molecule has 2 aromatic heterocycles. The van der Waals surface area contributed by atoms with Crippen LogP contribution in [0.15, 0.2) is 34.9 Å². The summed E-state index contributed by atoms with van der Waals surface area (Å²) in [4.78, 5) is 10.1. The number of hydrogen-bond donors (Lipinski definition) is 2. The van der Waals surface area contributed by atoms with Crippen molar-refractivity contribution in [2.75, 3.05) is 13.6 Å². The molecule has 0 amide bonds. The number of rotatable bonds is 7. The maximum atomic E-state index is 4.44. The zero-order chi connectivity index (χ0) is 17.6. The molecule has 0 aliphatic rings. The van der Waals surface area contributed by atoms with E-state index in [1.807, 2.05) is 12.4 Å². The van der Waals surface area contributed by atoms with Crippen LogP contribution in [0.3, 0.4) is 0 Å². The van der Waals surface area contributed by atoms with Crippen molar-refractivity contribution in [3.05, 3.63) is 40.6 Å². The fraction of sp³-hybridized carbons (Fsp3) is 0.556. The summed E-state index contributed by atoms with van der Waals surface area (Å²) in [5, 5.41) is 8.92. The van der Waals surface area contributed by atoms with Crippen LogP contribution in [-0.2, 0) is 18.5 Å². The summed E-state index contributed by atoms with van der Waals surface area (Å²) in [5.41, 5.74) is 0.0713. The van der Waals surface area contributed by atoms with Crippen LogP contribution in [0.4, 0.5) is 0 Å². The van der Waals surface area contributed by atoms with Gasteiger partial charge in [-0.1, -0.05) is 33.8 Å². The average Bonchev–Trinajstić information content (AvgIpc) is 3.19. The lowest BCUT2D eigenvalue weighted by Gasteiger charge is -2.25. The van der Waals surface area contributed by atoms with E-state index in [2.05, 4.69) is 70.4 Å². The highest BCUT2D eigenvalue weighted by molar-refractivity contribution is 14.0. The van der Waals surface area contributed by atoms with E-state index in [1.165, 1.54) is 4.88 Å². The molecule has 0 radical (unpaired) electrons. The van der Waals surface area contributed by atoms with Gasteiger partial charge in [0.2, 0.25) is 0 Å². The van der Waals surface area contributed by atoms with Crippen molar-refractivity contribution in [1.29, 1.82) is 0 Å². The van der Waals surface area contributed by atoms with Crippen molar-refractivity contribution in [1.82, 2.24) is 20.2 Å². The third-order valence-corrected chi connectivity index (χ3v) is 5.12. The first-order valence-corrected chi connectivity index (χ1v) is 9.29. The maximum Gasteiger partial charge on any atom is 0.191 e. The molecule has 2 aromatic rings. The van der Waals surface area contributed by atoms with Gasteiger partial charge in [0.25, 0.3) is 0 Å². The van der Waals surface area contributed by atoms with Crippen LogP contribution in [0.2, 0.25) is 0 Å². The topological polar surface area (TPSA) is 54.2 Å². The number of thiophene rings is 1. The normalized spacial score (nSPS) is 12.2. The van der Waals surface area contributed by atoms with E-state index < -0.39 is 0 Å². The molecule has 0 fully saturated rings. The highest BCUT2D eigenvalue weighted by Gasteiger charge is 2.22. The lowest BCUT2D eigenvalue weighted by atomic mass is 9.91. The molecule has 0 aromatic carbocycles. The number of hydrogen-bond acceptors (Lipinski definition) is 3. The van der Waals surface area contributed by atoms with Crippen LogP contribution in [0, 0.1) is 5.92 Å². The van der Waals surface area contributed by atoms with E-state index in [0.717, 1.165) is 24.9 Å². The second-order valence-corrected chi connectivity index (χ2v) is 7.98. The predicted octanol–water partition coefficient (Wildman–Crippen LogP) is 3.86. The van der Waals surface area contributed by atoms with Gasteiger partial charge in [-0.25, -0.2) is 4.98 Å². The Morgan fingerprint density at radius 3 is 2.72 bits per heavy atom. The van der Waals surface area contributed by atoms with Gasteiger partial charge in [0.1, 0.15) is 5.82 Å². The molecule has 5 nitrogen and oxygen atoms in total. The van der Waals surface area contributed by atoms with Gasteiger partial charge >= 0.3 is 0 Å². The summed E-state index contributed by atoms with van der Waals surface area (Å²) >= 11 is 1.79. The van der Waals surface area contributed by atoms with Crippen molar-refractivity contribution in [2.24, 2.45) is 10.9 Å². The van der Waals surface area contributed by atoms with E-state index in [-0.39, 0.29) is 29.4 Å². The van der Waals surface area contributed by atoms with Crippen LogP contribution >= 0.6 is 35.3 Å². The molecule has 2 N–H and O–H groups in total. The Bertz CT molecular complexity index is 646. The SMILES string of the molecule is CN=C(NCc1nccn1CC(C)C)NCC(C)(C)c1cccs1.I. The fourth-order valence-electron chi connectivity index (χ4n) is 2.51. The highest BCUT2D eigenvalue weighted by Crippen LogP contribution is 2.26. The summed E-state index contributed by atoms with van der Waals surface area (Å²) in [6.07, 6.45) is 3.89. The molecule has 140 valence electrons. The lowest BCUT2D eigenvalue weighted by molar-refractivity contribution is 0.500. The number of halogens is 1. The smallest absolute Gasteiger partial charge is 0.191 e. The minimum Gasteiger partial charge on any atom is -0.356 e.